The van der Waals surface area contributed by atoms with Crippen LogP contribution in [0.5, 0.6) is 0 Å². The van der Waals surface area contributed by atoms with Crippen LogP contribution in [0.4, 0.5) is 10.1 Å². The summed E-state index contributed by atoms with van der Waals surface area (Å²) in [5.41, 5.74) is 2.98. The van der Waals surface area contributed by atoms with E-state index in [1.165, 1.54) is 28.1 Å². The van der Waals surface area contributed by atoms with Gasteiger partial charge in [-0.05, 0) is 42.6 Å². The Balaban J connectivity index is 1.67. The SMILES string of the molecule is Cc1ccc([C@@H]([NH2+]CC(=O)Nc2ccc(F)cc2)c2cccs2)cc1. The molecular weight excluding hydrogens is 335 g/mol. The molecular formula is C20H20FN2OS+. The third kappa shape index (κ3) is 4.75. The maximum Gasteiger partial charge on any atom is 0.279 e. The van der Waals surface area contributed by atoms with Gasteiger partial charge in [0.2, 0.25) is 0 Å². The Kier molecular flexibility index (Phi) is 5.58. The highest BCUT2D eigenvalue weighted by atomic mass is 32.1. The lowest BCUT2D eigenvalue weighted by atomic mass is 10.0. The van der Waals surface area contributed by atoms with Crippen LogP contribution in [-0.2, 0) is 4.79 Å². The lowest BCUT2D eigenvalue weighted by Crippen LogP contribution is -2.87. The molecule has 0 fully saturated rings. The van der Waals surface area contributed by atoms with Crippen LogP contribution in [0.25, 0.3) is 0 Å². The van der Waals surface area contributed by atoms with Crippen molar-refractivity contribution in [1.29, 1.82) is 0 Å². The summed E-state index contributed by atoms with van der Waals surface area (Å²) >= 11 is 1.68. The third-order valence-electron chi connectivity index (χ3n) is 3.95. The molecule has 1 aromatic heterocycles. The van der Waals surface area contributed by atoms with Crippen molar-refractivity contribution >= 4 is 22.9 Å². The monoisotopic (exact) mass is 355 g/mol. The van der Waals surface area contributed by atoms with Gasteiger partial charge in [-0.3, -0.25) is 4.79 Å². The van der Waals surface area contributed by atoms with E-state index in [0.29, 0.717) is 5.69 Å². The minimum absolute atomic E-state index is 0.0829. The zero-order valence-electron chi connectivity index (χ0n) is 13.9. The molecule has 0 radical (unpaired) electrons. The molecule has 0 saturated heterocycles. The molecule has 0 saturated carbocycles. The van der Waals surface area contributed by atoms with Crippen LogP contribution in [0.1, 0.15) is 22.0 Å². The first-order valence-corrected chi connectivity index (χ1v) is 8.98. The van der Waals surface area contributed by atoms with Crippen molar-refractivity contribution in [1.82, 2.24) is 0 Å². The first kappa shape index (κ1) is 17.3. The van der Waals surface area contributed by atoms with Crippen LogP contribution < -0.4 is 10.6 Å². The van der Waals surface area contributed by atoms with Crippen molar-refractivity contribution in [2.75, 3.05) is 11.9 Å². The molecule has 0 bridgehead atoms. The number of amides is 1. The maximum absolute atomic E-state index is 12.9. The third-order valence-corrected chi connectivity index (χ3v) is 4.91. The fourth-order valence-corrected chi connectivity index (χ4v) is 3.48. The van der Waals surface area contributed by atoms with Gasteiger partial charge >= 0.3 is 0 Å². The molecule has 3 rings (SSSR count). The van der Waals surface area contributed by atoms with E-state index in [4.69, 9.17) is 0 Å². The van der Waals surface area contributed by atoms with Crippen molar-refractivity contribution in [3.8, 4) is 0 Å². The van der Waals surface area contributed by atoms with Crippen molar-refractivity contribution in [3.05, 3.63) is 87.9 Å². The van der Waals surface area contributed by atoms with E-state index in [1.54, 1.807) is 23.5 Å². The van der Waals surface area contributed by atoms with E-state index < -0.39 is 0 Å². The van der Waals surface area contributed by atoms with Crippen molar-refractivity contribution in [2.24, 2.45) is 0 Å². The average Bonchev–Trinajstić information content (AvgIpc) is 3.13. The molecule has 0 aliphatic rings. The van der Waals surface area contributed by atoms with Crippen LogP contribution in [0, 0.1) is 12.7 Å². The highest BCUT2D eigenvalue weighted by Gasteiger charge is 2.20. The van der Waals surface area contributed by atoms with Gasteiger partial charge in [-0.2, -0.15) is 0 Å². The van der Waals surface area contributed by atoms with Crippen LogP contribution >= 0.6 is 11.3 Å². The van der Waals surface area contributed by atoms with E-state index in [0.717, 1.165) is 0 Å². The predicted octanol–water partition coefficient (Wildman–Crippen LogP) is 3.49. The maximum atomic E-state index is 12.9. The Bertz CT molecular complexity index is 814. The Hall–Kier alpha value is -2.50. The second-order valence-corrected chi connectivity index (χ2v) is 6.88. The van der Waals surface area contributed by atoms with Crippen LogP contribution in [0.2, 0.25) is 0 Å². The molecule has 3 nitrogen and oxygen atoms in total. The molecule has 2 aromatic carbocycles. The van der Waals surface area contributed by atoms with Gasteiger partial charge in [0.15, 0.2) is 6.54 Å². The number of carbonyl (C=O) groups is 1. The summed E-state index contributed by atoms with van der Waals surface area (Å²) in [6.45, 7) is 2.34. The molecule has 0 spiro atoms. The second kappa shape index (κ2) is 8.05. The largest absolute Gasteiger partial charge is 0.328 e. The Labute approximate surface area is 150 Å². The molecule has 1 amide bonds. The summed E-state index contributed by atoms with van der Waals surface area (Å²) in [4.78, 5) is 13.4. The number of quaternary nitrogens is 1. The summed E-state index contributed by atoms with van der Waals surface area (Å²) in [6.07, 6.45) is 0. The van der Waals surface area contributed by atoms with Gasteiger partial charge in [-0.15, -0.1) is 11.3 Å². The molecule has 0 unspecified atom stereocenters. The topological polar surface area (TPSA) is 45.7 Å². The fourth-order valence-electron chi connectivity index (χ4n) is 2.63. The summed E-state index contributed by atoms with van der Waals surface area (Å²) in [5.74, 6) is -0.429. The molecule has 3 N–H and O–H groups in total. The van der Waals surface area contributed by atoms with E-state index in [9.17, 15) is 9.18 Å². The number of nitrogens with one attached hydrogen (secondary N) is 1. The van der Waals surface area contributed by atoms with Crippen LogP contribution in [-0.4, -0.2) is 12.5 Å². The minimum Gasteiger partial charge on any atom is -0.328 e. The number of anilines is 1. The number of benzene rings is 2. The Morgan fingerprint density at radius 3 is 2.48 bits per heavy atom. The molecule has 128 valence electrons. The Morgan fingerprint density at radius 1 is 1.12 bits per heavy atom. The zero-order chi connectivity index (χ0) is 17.6. The number of halogens is 1. The Morgan fingerprint density at radius 2 is 1.84 bits per heavy atom. The first-order valence-electron chi connectivity index (χ1n) is 8.10. The number of rotatable bonds is 6. The lowest BCUT2D eigenvalue weighted by molar-refractivity contribution is -0.675. The number of thiophene rings is 1. The predicted molar refractivity (Wildman–Crippen MR) is 99.2 cm³/mol. The quantitative estimate of drug-likeness (QED) is 0.699. The standard InChI is InChI=1S/C20H19FN2OS/c1-14-4-6-15(7-5-14)20(18-3-2-12-25-18)22-13-19(24)23-17-10-8-16(21)9-11-17/h2-12,20,22H,13H2,1H3,(H,23,24)/p+1/t20-/m1/s1. The van der Waals surface area contributed by atoms with Crippen LogP contribution in [0.15, 0.2) is 66.0 Å². The molecule has 5 heteroatoms. The van der Waals surface area contributed by atoms with Gasteiger partial charge in [0.05, 0.1) is 4.88 Å². The summed E-state index contributed by atoms with van der Waals surface area (Å²) < 4.78 is 12.9. The minimum atomic E-state index is -0.318. The number of hydrogen-bond donors (Lipinski definition) is 2. The average molecular weight is 355 g/mol. The molecule has 3 aromatic rings. The molecule has 1 heterocycles. The highest BCUT2D eigenvalue weighted by molar-refractivity contribution is 7.10. The van der Waals surface area contributed by atoms with E-state index in [-0.39, 0.29) is 24.3 Å². The lowest BCUT2D eigenvalue weighted by Gasteiger charge is -2.15. The number of nitrogens with two attached hydrogens (primary N) is 1. The number of carbonyl (C=O) groups excluding carboxylic acids is 1. The van der Waals surface area contributed by atoms with E-state index in [1.807, 2.05) is 16.8 Å². The first-order chi connectivity index (χ1) is 12.1. The molecule has 0 aliphatic carbocycles. The second-order valence-electron chi connectivity index (χ2n) is 5.90. The van der Waals surface area contributed by atoms with Gasteiger partial charge in [0.1, 0.15) is 11.9 Å². The summed E-state index contributed by atoms with van der Waals surface area (Å²) in [7, 11) is 0. The smallest absolute Gasteiger partial charge is 0.279 e. The number of hydrogen-bond acceptors (Lipinski definition) is 2. The molecule has 0 aliphatic heterocycles. The fraction of sp³-hybridized carbons (Fsp3) is 0.150. The van der Waals surface area contributed by atoms with E-state index in [2.05, 4.69) is 42.6 Å². The normalized spacial score (nSPS) is 11.9. The van der Waals surface area contributed by atoms with Crippen LogP contribution in [0.3, 0.4) is 0 Å². The van der Waals surface area contributed by atoms with Gasteiger partial charge in [-0.1, -0.05) is 35.9 Å². The molecule has 25 heavy (non-hydrogen) atoms. The van der Waals surface area contributed by atoms with Crippen molar-refractivity contribution in [3.63, 3.8) is 0 Å². The van der Waals surface area contributed by atoms with Gasteiger partial charge in [-0.25, -0.2) is 4.39 Å². The van der Waals surface area contributed by atoms with Crippen molar-refractivity contribution in [2.45, 2.75) is 13.0 Å². The van der Waals surface area contributed by atoms with E-state index >= 15 is 0 Å². The van der Waals surface area contributed by atoms with Crippen molar-refractivity contribution < 1.29 is 14.5 Å². The van der Waals surface area contributed by atoms with Gasteiger partial charge in [0.25, 0.3) is 5.91 Å². The van der Waals surface area contributed by atoms with Gasteiger partial charge < -0.3 is 10.6 Å². The zero-order valence-corrected chi connectivity index (χ0v) is 14.7. The van der Waals surface area contributed by atoms with Gasteiger partial charge in [0, 0.05) is 11.3 Å². The number of aryl methyl sites for hydroxylation is 1. The molecule has 1 atom stereocenters. The summed E-state index contributed by atoms with van der Waals surface area (Å²) in [5, 5.41) is 6.86. The summed E-state index contributed by atoms with van der Waals surface area (Å²) in [6, 6.07) is 18.4. The highest BCUT2D eigenvalue weighted by Crippen LogP contribution is 2.23.